The van der Waals surface area contributed by atoms with Crippen molar-refractivity contribution in [3.8, 4) is 0 Å². The third-order valence-corrected chi connectivity index (χ3v) is 6.41. The van der Waals surface area contributed by atoms with Gasteiger partial charge in [0.1, 0.15) is 0 Å². The van der Waals surface area contributed by atoms with Crippen LogP contribution in [0, 0.1) is 0 Å². The molecule has 0 heterocycles. The molecule has 8 nitrogen and oxygen atoms in total. The molecular formula is C17H23ClN2O6S. The van der Waals surface area contributed by atoms with E-state index in [0.717, 1.165) is 31.7 Å². The number of nitrogens with zero attached hydrogens (tertiary/aromatic N) is 1. The Bertz CT molecular complexity index is 808. The van der Waals surface area contributed by atoms with Gasteiger partial charge < -0.3 is 10.1 Å². The molecule has 0 bridgehead atoms. The van der Waals surface area contributed by atoms with Crippen LogP contribution in [-0.2, 0) is 24.4 Å². The monoisotopic (exact) mass is 418 g/mol. The fourth-order valence-corrected chi connectivity index (χ4v) is 3.93. The fraction of sp³-hybridized carbons (Fsp3) is 0.529. The van der Waals surface area contributed by atoms with Gasteiger partial charge in [-0.1, -0.05) is 28.9 Å². The number of sulfonamides is 1. The zero-order chi connectivity index (χ0) is 20.2. The number of ether oxygens (including phenoxy) is 1. The van der Waals surface area contributed by atoms with E-state index in [9.17, 15) is 18.0 Å². The highest BCUT2D eigenvalue weighted by Crippen LogP contribution is 2.24. The normalized spacial score (nSPS) is 16.3. The van der Waals surface area contributed by atoms with Crippen LogP contribution in [0.4, 0.5) is 0 Å². The molecular weight excluding hydrogens is 396 g/mol. The Hall–Kier alpha value is -1.68. The van der Waals surface area contributed by atoms with Crippen LogP contribution in [0.2, 0.25) is 5.02 Å². The summed E-state index contributed by atoms with van der Waals surface area (Å²) in [6, 6.07) is 3.72. The van der Waals surface area contributed by atoms with E-state index in [1.807, 2.05) is 0 Å². The van der Waals surface area contributed by atoms with E-state index < -0.39 is 28.0 Å². The largest absolute Gasteiger partial charge is 0.449 e. The smallest absolute Gasteiger partial charge is 0.340 e. The van der Waals surface area contributed by atoms with Crippen LogP contribution in [0.1, 0.15) is 43.0 Å². The van der Waals surface area contributed by atoms with Crippen LogP contribution in [0.25, 0.3) is 0 Å². The third-order valence-electron chi connectivity index (χ3n) is 4.41. The number of amides is 1. The van der Waals surface area contributed by atoms with E-state index in [1.54, 1.807) is 0 Å². The van der Waals surface area contributed by atoms with E-state index >= 15 is 0 Å². The van der Waals surface area contributed by atoms with Crippen LogP contribution >= 0.6 is 11.6 Å². The van der Waals surface area contributed by atoms with Crippen molar-refractivity contribution in [2.75, 3.05) is 14.2 Å². The molecule has 2 rings (SSSR count). The molecule has 27 heavy (non-hydrogen) atoms. The van der Waals surface area contributed by atoms with Crippen molar-refractivity contribution in [2.45, 2.75) is 49.6 Å². The molecule has 1 N–H and O–H groups in total. The van der Waals surface area contributed by atoms with Gasteiger partial charge in [0.15, 0.2) is 6.10 Å². The van der Waals surface area contributed by atoms with Gasteiger partial charge in [-0.25, -0.2) is 13.2 Å². The number of carbonyl (C=O) groups excluding carboxylic acids is 2. The van der Waals surface area contributed by atoms with Gasteiger partial charge in [-0.15, -0.1) is 0 Å². The van der Waals surface area contributed by atoms with Crippen LogP contribution in [0.15, 0.2) is 23.1 Å². The first-order chi connectivity index (χ1) is 12.7. The summed E-state index contributed by atoms with van der Waals surface area (Å²) in [6.07, 6.45) is 2.91. The van der Waals surface area contributed by atoms with Crippen molar-refractivity contribution in [3.63, 3.8) is 0 Å². The van der Waals surface area contributed by atoms with Crippen molar-refractivity contribution < 1.29 is 27.6 Å². The highest BCUT2D eigenvalue weighted by Gasteiger charge is 2.27. The molecule has 10 heteroatoms. The molecule has 0 spiro atoms. The summed E-state index contributed by atoms with van der Waals surface area (Å²) in [5.41, 5.74) is -0.150. The van der Waals surface area contributed by atoms with Gasteiger partial charge in [-0.2, -0.15) is 0 Å². The average molecular weight is 419 g/mol. The maximum absolute atomic E-state index is 12.4. The summed E-state index contributed by atoms with van der Waals surface area (Å²) < 4.78 is 30.5. The molecule has 0 saturated heterocycles. The van der Waals surface area contributed by atoms with Gasteiger partial charge in [-0.3, -0.25) is 9.63 Å². The van der Waals surface area contributed by atoms with Gasteiger partial charge in [0, 0.05) is 13.1 Å². The first-order valence-corrected chi connectivity index (χ1v) is 10.3. The number of hydrogen-bond donors (Lipinski definition) is 1. The van der Waals surface area contributed by atoms with Gasteiger partial charge in [0.05, 0.1) is 22.6 Å². The maximum Gasteiger partial charge on any atom is 0.340 e. The lowest BCUT2D eigenvalue weighted by atomic mass is 10.2. The number of carbonyl (C=O) groups is 2. The molecule has 0 aliphatic heterocycles. The van der Waals surface area contributed by atoms with Crippen molar-refractivity contribution in [2.24, 2.45) is 0 Å². The fourth-order valence-electron chi connectivity index (χ4n) is 2.73. The summed E-state index contributed by atoms with van der Waals surface area (Å²) in [7, 11) is -1.54. The zero-order valence-electron chi connectivity index (χ0n) is 15.4. The summed E-state index contributed by atoms with van der Waals surface area (Å²) in [6.45, 7) is 1.45. The predicted molar refractivity (Wildman–Crippen MR) is 98.7 cm³/mol. The standard InChI is InChI=1S/C17H23ClN2O6S/c1-11(16(21)19-12-6-4-5-7-12)26-17(22)14-10-13(8-9-15(14)18)27(23,24)20(2)25-3/h8-12H,4-7H2,1-3H3,(H,19,21)/t11-/m0/s1. The number of benzene rings is 1. The van der Waals surface area contributed by atoms with E-state index in [4.69, 9.17) is 21.2 Å². The minimum atomic E-state index is -3.96. The van der Waals surface area contributed by atoms with E-state index in [-0.39, 0.29) is 21.5 Å². The number of esters is 1. The molecule has 1 aromatic rings. The minimum Gasteiger partial charge on any atom is -0.449 e. The quantitative estimate of drug-likeness (QED) is 0.537. The second-order valence-electron chi connectivity index (χ2n) is 6.28. The van der Waals surface area contributed by atoms with E-state index in [2.05, 4.69) is 5.32 Å². The van der Waals surface area contributed by atoms with Crippen molar-refractivity contribution in [1.82, 2.24) is 9.79 Å². The second kappa shape index (κ2) is 9.01. The van der Waals surface area contributed by atoms with Crippen LogP contribution in [-0.4, -0.2) is 51.1 Å². The van der Waals surface area contributed by atoms with Gasteiger partial charge in [0.25, 0.3) is 15.9 Å². The molecule has 0 unspecified atom stereocenters. The van der Waals surface area contributed by atoms with Gasteiger partial charge in [-0.05, 0) is 38.0 Å². The SMILES string of the molecule is CON(C)S(=O)(=O)c1ccc(Cl)c(C(=O)O[C@@H](C)C(=O)NC2CCCC2)c1. The number of halogens is 1. The molecule has 1 amide bonds. The highest BCUT2D eigenvalue weighted by molar-refractivity contribution is 7.89. The van der Waals surface area contributed by atoms with Crippen molar-refractivity contribution >= 4 is 33.5 Å². The third kappa shape index (κ3) is 5.19. The zero-order valence-corrected chi connectivity index (χ0v) is 17.0. The number of rotatable bonds is 7. The van der Waals surface area contributed by atoms with E-state index in [0.29, 0.717) is 4.47 Å². The summed E-state index contributed by atoms with van der Waals surface area (Å²) >= 11 is 6.01. The molecule has 1 aliphatic carbocycles. The Kier molecular flexibility index (Phi) is 7.21. The van der Waals surface area contributed by atoms with Crippen LogP contribution < -0.4 is 5.32 Å². The summed E-state index contributed by atoms with van der Waals surface area (Å²) in [5, 5.41) is 2.86. The summed E-state index contributed by atoms with van der Waals surface area (Å²) in [4.78, 5) is 29.1. The van der Waals surface area contributed by atoms with Crippen molar-refractivity contribution in [1.29, 1.82) is 0 Å². The molecule has 1 fully saturated rings. The van der Waals surface area contributed by atoms with Crippen LogP contribution in [0.5, 0.6) is 0 Å². The Morgan fingerprint density at radius 1 is 1.30 bits per heavy atom. The molecule has 1 aromatic carbocycles. The minimum absolute atomic E-state index is 0.0161. The Morgan fingerprint density at radius 2 is 1.93 bits per heavy atom. The maximum atomic E-state index is 12.4. The number of hydroxylamine groups is 1. The molecule has 1 atom stereocenters. The Labute approximate surface area is 163 Å². The molecule has 0 aromatic heterocycles. The molecule has 0 radical (unpaired) electrons. The predicted octanol–water partition coefficient (Wildman–Crippen LogP) is 2.13. The Balaban J connectivity index is 2.13. The van der Waals surface area contributed by atoms with Gasteiger partial charge in [0.2, 0.25) is 0 Å². The van der Waals surface area contributed by atoms with E-state index in [1.165, 1.54) is 33.2 Å². The first kappa shape index (κ1) is 21.6. The number of hydrogen-bond acceptors (Lipinski definition) is 6. The molecule has 1 aliphatic rings. The average Bonchev–Trinajstić information content (AvgIpc) is 3.13. The summed E-state index contributed by atoms with van der Waals surface area (Å²) in [5.74, 6) is -1.28. The first-order valence-electron chi connectivity index (χ1n) is 8.50. The topological polar surface area (TPSA) is 102 Å². The van der Waals surface area contributed by atoms with Crippen LogP contribution in [0.3, 0.4) is 0 Å². The Morgan fingerprint density at radius 3 is 2.52 bits per heavy atom. The highest BCUT2D eigenvalue weighted by atomic mass is 35.5. The lowest BCUT2D eigenvalue weighted by molar-refractivity contribution is -0.129. The van der Waals surface area contributed by atoms with Gasteiger partial charge >= 0.3 is 5.97 Å². The number of nitrogens with one attached hydrogen (secondary N) is 1. The second-order valence-corrected chi connectivity index (χ2v) is 8.62. The van der Waals surface area contributed by atoms with Crippen molar-refractivity contribution in [3.05, 3.63) is 28.8 Å². The molecule has 150 valence electrons. The lowest BCUT2D eigenvalue weighted by Gasteiger charge is -2.18. The lowest BCUT2D eigenvalue weighted by Crippen LogP contribution is -2.40. The molecule has 1 saturated carbocycles.